The summed E-state index contributed by atoms with van der Waals surface area (Å²) >= 11 is 5.88. The van der Waals surface area contributed by atoms with E-state index in [1.165, 1.54) is 16.4 Å². The minimum atomic E-state index is -3.65. The van der Waals surface area contributed by atoms with E-state index < -0.39 is 10.0 Å². The van der Waals surface area contributed by atoms with E-state index in [0.717, 1.165) is 37.6 Å². The molecule has 4 rings (SSSR count). The third-order valence-corrected chi connectivity index (χ3v) is 8.34. The van der Waals surface area contributed by atoms with E-state index in [-0.39, 0.29) is 23.3 Å². The molecule has 32 heavy (non-hydrogen) atoms. The van der Waals surface area contributed by atoms with Gasteiger partial charge < -0.3 is 15.1 Å². The molecule has 2 aliphatic heterocycles. The number of hydrogen-bond acceptors (Lipinski definition) is 5. The van der Waals surface area contributed by atoms with E-state index in [1.807, 2.05) is 24.3 Å². The molecule has 2 saturated heterocycles. The van der Waals surface area contributed by atoms with Crippen molar-refractivity contribution in [3.05, 3.63) is 53.6 Å². The normalized spacial score (nSPS) is 20.8. The van der Waals surface area contributed by atoms with Crippen LogP contribution in [0.15, 0.2) is 53.4 Å². The minimum absolute atomic E-state index is 0.145. The zero-order valence-electron chi connectivity index (χ0n) is 18.2. The molecule has 2 aliphatic rings. The Morgan fingerprint density at radius 3 is 2.28 bits per heavy atom. The molecule has 0 bridgehead atoms. The lowest BCUT2D eigenvalue weighted by Crippen LogP contribution is -2.44. The summed E-state index contributed by atoms with van der Waals surface area (Å²) in [6, 6.07) is 14.0. The molecule has 7 nitrogen and oxygen atoms in total. The van der Waals surface area contributed by atoms with Crippen molar-refractivity contribution < 1.29 is 13.2 Å². The molecule has 0 aliphatic carbocycles. The molecule has 1 amide bonds. The van der Waals surface area contributed by atoms with Gasteiger partial charge in [0.25, 0.3) is 0 Å². The van der Waals surface area contributed by atoms with E-state index in [9.17, 15) is 13.2 Å². The highest BCUT2D eigenvalue weighted by molar-refractivity contribution is 7.89. The fourth-order valence-corrected chi connectivity index (χ4v) is 5.84. The number of amides is 1. The van der Waals surface area contributed by atoms with Crippen LogP contribution < -0.4 is 10.2 Å². The molecule has 0 spiro atoms. The summed E-state index contributed by atoms with van der Waals surface area (Å²) in [4.78, 5) is 17.7. The van der Waals surface area contributed by atoms with Crippen LogP contribution in [-0.4, -0.2) is 69.8 Å². The second-order valence-corrected chi connectivity index (χ2v) is 10.9. The van der Waals surface area contributed by atoms with E-state index in [0.29, 0.717) is 24.4 Å². The SMILES string of the molecule is CN1CCN(c2ccc(NC(=O)[C@H]3CCCN(S(=O)(=O)c4ccc(Cl)cc4)C3)cc2)CC1. The van der Waals surface area contributed by atoms with E-state index in [2.05, 4.69) is 22.2 Å². The number of benzene rings is 2. The molecule has 2 aromatic carbocycles. The summed E-state index contributed by atoms with van der Waals surface area (Å²) in [7, 11) is -1.53. The smallest absolute Gasteiger partial charge is 0.243 e. The number of sulfonamides is 1. The fourth-order valence-electron chi connectivity index (χ4n) is 4.19. The molecule has 1 atom stereocenters. The summed E-state index contributed by atoms with van der Waals surface area (Å²) in [5.41, 5.74) is 1.87. The monoisotopic (exact) mass is 476 g/mol. The van der Waals surface area contributed by atoms with Crippen molar-refractivity contribution in [2.75, 3.05) is 56.5 Å². The molecule has 2 aromatic rings. The second kappa shape index (κ2) is 9.79. The van der Waals surface area contributed by atoms with Gasteiger partial charge in [0, 0.05) is 55.7 Å². The molecule has 9 heteroatoms. The molecule has 172 valence electrons. The van der Waals surface area contributed by atoms with Crippen molar-refractivity contribution in [1.82, 2.24) is 9.21 Å². The number of halogens is 1. The zero-order chi connectivity index (χ0) is 22.7. The molecule has 0 saturated carbocycles. The Labute approximate surface area is 195 Å². The molecule has 1 N–H and O–H groups in total. The van der Waals surface area contributed by atoms with Gasteiger partial charge >= 0.3 is 0 Å². The summed E-state index contributed by atoms with van der Waals surface area (Å²) in [5.74, 6) is -0.531. The number of nitrogens with zero attached hydrogens (tertiary/aromatic N) is 3. The average Bonchev–Trinajstić information content (AvgIpc) is 2.80. The minimum Gasteiger partial charge on any atom is -0.369 e. The highest BCUT2D eigenvalue weighted by Crippen LogP contribution is 2.26. The van der Waals surface area contributed by atoms with Crippen molar-refractivity contribution in [1.29, 1.82) is 0 Å². The van der Waals surface area contributed by atoms with Crippen LogP contribution >= 0.6 is 11.6 Å². The van der Waals surface area contributed by atoms with Gasteiger partial charge in [-0.3, -0.25) is 4.79 Å². The zero-order valence-corrected chi connectivity index (χ0v) is 19.8. The number of likely N-dealkylation sites (N-methyl/N-ethyl adjacent to an activating group) is 1. The number of anilines is 2. The van der Waals surface area contributed by atoms with Gasteiger partial charge in [-0.05, 0) is 68.4 Å². The van der Waals surface area contributed by atoms with Gasteiger partial charge in [-0.2, -0.15) is 4.31 Å². The van der Waals surface area contributed by atoms with Crippen molar-refractivity contribution in [3.8, 4) is 0 Å². The number of rotatable bonds is 5. The van der Waals surface area contributed by atoms with E-state index >= 15 is 0 Å². The molecule has 0 radical (unpaired) electrons. The Morgan fingerprint density at radius 1 is 0.969 bits per heavy atom. The van der Waals surface area contributed by atoms with Crippen LogP contribution in [-0.2, 0) is 14.8 Å². The van der Waals surface area contributed by atoms with Gasteiger partial charge in [-0.25, -0.2) is 8.42 Å². The number of hydrogen-bond donors (Lipinski definition) is 1. The Kier molecular flexibility index (Phi) is 7.05. The first-order valence-electron chi connectivity index (χ1n) is 10.9. The van der Waals surface area contributed by atoms with Crippen LogP contribution in [0.5, 0.6) is 0 Å². The summed E-state index contributed by atoms with van der Waals surface area (Å²) in [6.07, 6.45) is 1.31. The Bertz CT molecular complexity index is 1040. The van der Waals surface area contributed by atoms with Crippen LogP contribution in [0.3, 0.4) is 0 Å². The third-order valence-electron chi connectivity index (χ3n) is 6.21. The summed E-state index contributed by atoms with van der Waals surface area (Å²) in [5, 5.41) is 3.45. The number of carbonyl (C=O) groups is 1. The van der Waals surface area contributed by atoms with Crippen molar-refractivity contribution in [3.63, 3.8) is 0 Å². The van der Waals surface area contributed by atoms with Crippen molar-refractivity contribution >= 4 is 38.9 Å². The standard InChI is InChI=1S/C23H29ClN4O3S/c1-26-13-15-27(16-14-26)21-8-6-20(7-9-21)25-23(29)18-3-2-12-28(17-18)32(30,31)22-10-4-19(24)5-11-22/h4-11,18H,2-3,12-17H2,1H3,(H,25,29)/t18-/m0/s1. The lowest BCUT2D eigenvalue weighted by molar-refractivity contribution is -0.120. The highest BCUT2D eigenvalue weighted by atomic mass is 35.5. The van der Waals surface area contributed by atoms with E-state index in [4.69, 9.17) is 11.6 Å². The average molecular weight is 477 g/mol. The van der Waals surface area contributed by atoms with Gasteiger partial charge in [0.15, 0.2) is 0 Å². The van der Waals surface area contributed by atoms with Gasteiger partial charge in [0.2, 0.25) is 15.9 Å². The number of nitrogens with one attached hydrogen (secondary N) is 1. The first kappa shape index (κ1) is 23.0. The number of piperazine rings is 1. The second-order valence-electron chi connectivity index (χ2n) is 8.48. The first-order valence-corrected chi connectivity index (χ1v) is 12.7. The molecule has 0 aromatic heterocycles. The Balaban J connectivity index is 1.37. The predicted molar refractivity (Wildman–Crippen MR) is 128 cm³/mol. The maximum Gasteiger partial charge on any atom is 0.243 e. The largest absolute Gasteiger partial charge is 0.369 e. The van der Waals surface area contributed by atoms with Gasteiger partial charge in [-0.15, -0.1) is 0 Å². The predicted octanol–water partition coefficient (Wildman–Crippen LogP) is 3.13. The number of piperidine rings is 1. The quantitative estimate of drug-likeness (QED) is 0.717. The Hall–Kier alpha value is -2.13. The van der Waals surface area contributed by atoms with Crippen LogP contribution in [0.25, 0.3) is 0 Å². The Morgan fingerprint density at radius 2 is 1.62 bits per heavy atom. The lowest BCUT2D eigenvalue weighted by atomic mass is 9.98. The van der Waals surface area contributed by atoms with Gasteiger partial charge in [0.1, 0.15) is 0 Å². The molecule has 2 fully saturated rings. The maximum atomic E-state index is 13.0. The van der Waals surface area contributed by atoms with Gasteiger partial charge in [0.05, 0.1) is 10.8 Å². The van der Waals surface area contributed by atoms with Crippen molar-refractivity contribution in [2.45, 2.75) is 17.7 Å². The highest BCUT2D eigenvalue weighted by Gasteiger charge is 2.33. The van der Waals surface area contributed by atoms with Crippen LogP contribution in [0.1, 0.15) is 12.8 Å². The first-order chi connectivity index (χ1) is 15.3. The van der Waals surface area contributed by atoms with Crippen LogP contribution in [0.4, 0.5) is 11.4 Å². The maximum absolute atomic E-state index is 13.0. The third kappa shape index (κ3) is 5.26. The molecular formula is C23H29ClN4O3S. The van der Waals surface area contributed by atoms with Gasteiger partial charge in [-0.1, -0.05) is 11.6 Å². The topological polar surface area (TPSA) is 73.0 Å². The molecule has 2 heterocycles. The fraction of sp³-hybridized carbons (Fsp3) is 0.435. The number of carbonyl (C=O) groups excluding carboxylic acids is 1. The lowest BCUT2D eigenvalue weighted by Gasteiger charge is -2.34. The van der Waals surface area contributed by atoms with Crippen LogP contribution in [0.2, 0.25) is 5.02 Å². The van der Waals surface area contributed by atoms with E-state index in [1.54, 1.807) is 12.1 Å². The summed E-state index contributed by atoms with van der Waals surface area (Å²) in [6.45, 7) is 4.64. The molecule has 0 unspecified atom stereocenters. The van der Waals surface area contributed by atoms with Crippen LogP contribution in [0, 0.1) is 5.92 Å². The molecular weight excluding hydrogens is 448 g/mol. The summed E-state index contributed by atoms with van der Waals surface area (Å²) < 4.78 is 27.4. The van der Waals surface area contributed by atoms with Crippen molar-refractivity contribution in [2.24, 2.45) is 5.92 Å².